The highest BCUT2D eigenvalue weighted by atomic mass is 16.3. The van der Waals surface area contributed by atoms with E-state index in [4.69, 9.17) is 0 Å². The SMILES string of the molecule is CC(C)(C)c1ccc(O)c(Cc2ccc(O)c(C=O)c2)c1. The molecule has 2 rings (SSSR count). The molecule has 0 aliphatic heterocycles. The van der Waals surface area contributed by atoms with Gasteiger partial charge >= 0.3 is 0 Å². The van der Waals surface area contributed by atoms with E-state index in [1.165, 1.54) is 6.07 Å². The van der Waals surface area contributed by atoms with Gasteiger partial charge in [0.1, 0.15) is 11.5 Å². The molecule has 0 saturated carbocycles. The van der Waals surface area contributed by atoms with Gasteiger partial charge in [0.25, 0.3) is 0 Å². The molecule has 21 heavy (non-hydrogen) atoms. The van der Waals surface area contributed by atoms with E-state index in [2.05, 4.69) is 20.8 Å². The van der Waals surface area contributed by atoms with Crippen molar-refractivity contribution in [3.63, 3.8) is 0 Å². The summed E-state index contributed by atoms with van der Waals surface area (Å²) in [6.45, 7) is 6.36. The Balaban J connectivity index is 2.37. The lowest BCUT2D eigenvalue weighted by atomic mass is 9.85. The summed E-state index contributed by atoms with van der Waals surface area (Å²) in [6.07, 6.45) is 1.14. The smallest absolute Gasteiger partial charge is 0.153 e. The van der Waals surface area contributed by atoms with Gasteiger partial charge in [-0.15, -0.1) is 0 Å². The van der Waals surface area contributed by atoms with Gasteiger partial charge in [0.15, 0.2) is 6.29 Å². The fourth-order valence-electron chi connectivity index (χ4n) is 2.22. The van der Waals surface area contributed by atoms with E-state index in [1.807, 2.05) is 12.1 Å². The van der Waals surface area contributed by atoms with Crippen molar-refractivity contribution in [3.05, 3.63) is 58.7 Å². The van der Waals surface area contributed by atoms with Crippen LogP contribution in [0.3, 0.4) is 0 Å². The van der Waals surface area contributed by atoms with Crippen LogP contribution in [-0.4, -0.2) is 16.5 Å². The Hall–Kier alpha value is -2.29. The van der Waals surface area contributed by atoms with E-state index in [9.17, 15) is 15.0 Å². The van der Waals surface area contributed by atoms with Crippen molar-refractivity contribution in [3.8, 4) is 11.5 Å². The van der Waals surface area contributed by atoms with E-state index < -0.39 is 0 Å². The standard InChI is InChI=1S/C18H20O3/c1-18(2,3)15-5-7-16(20)13(10-15)8-12-4-6-17(21)14(9-12)11-19/h4-7,9-11,20-21H,8H2,1-3H3. The summed E-state index contributed by atoms with van der Waals surface area (Å²) in [4.78, 5) is 10.9. The minimum Gasteiger partial charge on any atom is -0.508 e. The maximum atomic E-state index is 10.9. The number of aldehydes is 1. The highest BCUT2D eigenvalue weighted by Crippen LogP contribution is 2.29. The molecule has 0 spiro atoms. The predicted octanol–water partition coefficient (Wildman–Crippen LogP) is 3.80. The molecule has 0 radical (unpaired) electrons. The van der Waals surface area contributed by atoms with Crippen LogP contribution in [0.2, 0.25) is 0 Å². The van der Waals surface area contributed by atoms with E-state index in [0.29, 0.717) is 12.7 Å². The summed E-state index contributed by atoms with van der Waals surface area (Å²) in [6, 6.07) is 10.5. The summed E-state index contributed by atoms with van der Waals surface area (Å²) in [5.41, 5.74) is 3.09. The first-order valence-electron chi connectivity index (χ1n) is 6.90. The van der Waals surface area contributed by atoms with Crippen molar-refractivity contribution < 1.29 is 15.0 Å². The van der Waals surface area contributed by atoms with E-state index in [1.54, 1.807) is 18.2 Å². The molecule has 0 aromatic heterocycles. The Kier molecular flexibility index (Phi) is 4.03. The second-order valence-electron chi connectivity index (χ2n) is 6.28. The quantitative estimate of drug-likeness (QED) is 0.843. The zero-order chi connectivity index (χ0) is 15.6. The first-order chi connectivity index (χ1) is 9.81. The molecule has 0 saturated heterocycles. The molecule has 0 heterocycles. The van der Waals surface area contributed by atoms with Crippen molar-refractivity contribution in [1.82, 2.24) is 0 Å². The fourth-order valence-corrected chi connectivity index (χ4v) is 2.22. The molecule has 2 aromatic carbocycles. The first-order valence-corrected chi connectivity index (χ1v) is 6.90. The summed E-state index contributed by atoms with van der Waals surface area (Å²) < 4.78 is 0. The number of hydrogen-bond acceptors (Lipinski definition) is 3. The van der Waals surface area contributed by atoms with Crippen molar-refractivity contribution in [2.75, 3.05) is 0 Å². The highest BCUT2D eigenvalue weighted by Gasteiger charge is 2.15. The lowest BCUT2D eigenvalue weighted by molar-refractivity contribution is 0.112. The molecule has 0 aliphatic rings. The van der Waals surface area contributed by atoms with E-state index >= 15 is 0 Å². The van der Waals surface area contributed by atoms with Crippen molar-refractivity contribution in [2.45, 2.75) is 32.6 Å². The molecule has 0 fully saturated rings. The van der Waals surface area contributed by atoms with Crippen molar-refractivity contribution >= 4 is 6.29 Å². The summed E-state index contributed by atoms with van der Waals surface area (Å²) in [7, 11) is 0. The molecule has 110 valence electrons. The summed E-state index contributed by atoms with van der Waals surface area (Å²) in [5, 5.41) is 19.5. The highest BCUT2D eigenvalue weighted by molar-refractivity contribution is 5.79. The number of phenols is 2. The molecule has 0 unspecified atom stereocenters. The van der Waals surface area contributed by atoms with E-state index in [0.717, 1.165) is 16.7 Å². The fraction of sp³-hybridized carbons (Fsp3) is 0.278. The Morgan fingerprint density at radius 1 is 1.00 bits per heavy atom. The van der Waals surface area contributed by atoms with Gasteiger partial charge in [-0.2, -0.15) is 0 Å². The minimum atomic E-state index is -0.0265. The lowest BCUT2D eigenvalue weighted by Crippen LogP contribution is -2.11. The third-order valence-electron chi connectivity index (χ3n) is 3.56. The second-order valence-corrected chi connectivity index (χ2v) is 6.28. The van der Waals surface area contributed by atoms with Crippen molar-refractivity contribution in [1.29, 1.82) is 0 Å². The third-order valence-corrected chi connectivity index (χ3v) is 3.56. The summed E-state index contributed by atoms with van der Waals surface area (Å²) >= 11 is 0. The molecule has 0 aliphatic carbocycles. The summed E-state index contributed by atoms with van der Waals surface area (Å²) in [5.74, 6) is 0.213. The van der Waals surface area contributed by atoms with Crippen LogP contribution in [0, 0.1) is 0 Å². The molecule has 0 amide bonds. The molecule has 0 bridgehead atoms. The van der Waals surface area contributed by atoms with Crippen molar-refractivity contribution in [2.24, 2.45) is 0 Å². The Morgan fingerprint density at radius 3 is 2.29 bits per heavy atom. The minimum absolute atomic E-state index is 0.00532. The average Bonchev–Trinajstić information content (AvgIpc) is 2.42. The zero-order valence-electron chi connectivity index (χ0n) is 12.6. The largest absolute Gasteiger partial charge is 0.508 e. The van der Waals surface area contributed by atoms with Gasteiger partial charge in [-0.05, 0) is 40.3 Å². The Labute approximate surface area is 124 Å². The first kappa shape index (κ1) is 15.1. The number of carbonyl (C=O) groups excluding carboxylic acids is 1. The number of phenolic OH excluding ortho intramolecular Hbond substituents is 2. The number of carbonyl (C=O) groups is 1. The van der Waals surface area contributed by atoms with Gasteiger partial charge in [0, 0.05) is 6.42 Å². The van der Waals surface area contributed by atoms with Crippen LogP contribution in [0.1, 0.15) is 47.8 Å². The molecular formula is C18H20O3. The van der Waals surface area contributed by atoms with Gasteiger partial charge < -0.3 is 10.2 Å². The Morgan fingerprint density at radius 2 is 1.67 bits per heavy atom. The molecular weight excluding hydrogens is 264 g/mol. The molecule has 3 heteroatoms. The maximum absolute atomic E-state index is 10.9. The lowest BCUT2D eigenvalue weighted by Gasteiger charge is -2.20. The van der Waals surface area contributed by atoms with Gasteiger partial charge in [-0.25, -0.2) is 0 Å². The number of benzene rings is 2. The zero-order valence-corrected chi connectivity index (χ0v) is 12.6. The van der Waals surface area contributed by atoms with Gasteiger partial charge in [0.05, 0.1) is 5.56 Å². The van der Waals surface area contributed by atoms with Crippen LogP contribution >= 0.6 is 0 Å². The number of hydrogen-bond donors (Lipinski definition) is 2. The second kappa shape index (κ2) is 5.60. The monoisotopic (exact) mass is 284 g/mol. The van der Waals surface area contributed by atoms with E-state index in [-0.39, 0.29) is 22.5 Å². The van der Waals surface area contributed by atoms with Gasteiger partial charge in [-0.3, -0.25) is 4.79 Å². The van der Waals surface area contributed by atoms with Crippen LogP contribution in [0.4, 0.5) is 0 Å². The van der Waals surface area contributed by atoms with Crippen LogP contribution in [0.5, 0.6) is 11.5 Å². The third kappa shape index (κ3) is 3.43. The molecule has 2 aromatic rings. The number of aromatic hydroxyl groups is 2. The maximum Gasteiger partial charge on any atom is 0.153 e. The predicted molar refractivity (Wildman–Crippen MR) is 83.1 cm³/mol. The molecule has 2 N–H and O–H groups in total. The van der Waals surface area contributed by atoms with Crippen LogP contribution in [0.25, 0.3) is 0 Å². The average molecular weight is 284 g/mol. The molecule has 3 nitrogen and oxygen atoms in total. The van der Waals surface area contributed by atoms with Crippen LogP contribution < -0.4 is 0 Å². The number of rotatable bonds is 3. The van der Waals surface area contributed by atoms with Crippen LogP contribution in [-0.2, 0) is 11.8 Å². The topological polar surface area (TPSA) is 57.5 Å². The molecule has 0 atom stereocenters. The van der Waals surface area contributed by atoms with Crippen LogP contribution in [0.15, 0.2) is 36.4 Å². The Bertz CT molecular complexity index is 667. The normalized spacial score (nSPS) is 11.4. The van der Waals surface area contributed by atoms with Gasteiger partial charge in [0.2, 0.25) is 0 Å². The van der Waals surface area contributed by atoms with Gasteiger partial charge in [-0.1, -0.05) is 39.0 Å².